The van der Waals surface area contributed by atoms with Crippen LogP contribution in [0.25, 0.3) is 0 Å². The first kappa shape index (κ1) is 14.9. The third kappa shape index (κ3) is 3.55. The lowest BCUT2D eigenvalue weighted by Crippen LogP contribution is -2.40. The molecule has 4 nitrogen and oxygen atoms in total. The lowest BCUT2D eigenvalue weighted by molar-refractivity contribution is -0.138. The number of rotatable bonds is 3. The molecule has 1 aromatic heterocycles. The predicted molar refractivity (Wildman–Crippen MR) is 65.3 cm³/mol. The van der Waals surface area contributed by atoms with Gasteiger partial charge in [-0.1, -0.05) is 0 Å². The van der Waals surface area contributed by atoms with Gasteiger partial charge in [0.05, 0.1) is 18.3 Å². The predicted octanol–water partition coefficient (Wildman–Crippen LogP) is 2.13. The molecule has 0 aromatic carbocycles. The molecule has 20 heavy (non-hydrogen) atoms. The molecule has 0 spiro atoms. The number of aromatic nitrogens is 1. The van der Waals surface area contributed by atoms with Crippen molar-refractivity contribution in [3.05, 3.63) is 29.1 Å². The molecule has 1 fully saturated rings. The first-order valence-electron chi connectivity index (χ1n) is 6.25. The van der Waals surface area contributed by atoms with Gasteiger partial charge in [-0.05, 0) is 18.6 Å². The van der Waals surface area contributed by atoms with E-state index in [1.54, 1.807) is 0 Å². The Morgan fingerprint density at radius 2 is 2.30 bits per heavy atom. The molecule has 1 aromatic rings. The van der Waals surface area contributed by atoms with Crippen molar-refractivity contribution < 1.29 is 22.7 Å². The Morgan fingerprint density at radius 1 is 1.55 bits per heavy atom. The molecule has 2 rings (SSSR count). The number of carbonyl (C=O) groups is 1. The van der Waals surface area contributed by atoms with Crippen LogP contribution in [0.15, 0.2) is 12.3 Å². The molecule has 1 aliphatic heterocycles. The number of morpholine rings is 1. The summed E-state index contributed by atoms with van der Waals surface area (Å²) in [5.41, 5.74) is -1.11. The van der Waals surface area contributed by atoms with E-state index in [0.717, 1.165) is 6.07 Å². The molecule has 0 N–H and O–H groups in total. The van der Waals surface area contributed by atoms with Crippen LogP contribution in [0.1, 0.15) is 28.5 Å². The summed E-state index contributed by atoms with van der Waals surface area (Å²) in [6.45, 7) is 4.18. The molecule has 1 aliphatic rings. The summed E-state index contributed by atoms with van der Waals surface area (Å²) in [4.78, 5) is 16.2. The number of nitrogens with zero attached hydrogens (tertiary/aromatic N) is 2. The monoisotopic (exact) mass is 288 g/mol. The number of alkyl halides is 3. The van der Waals surface area contributed by atoms with Crippen LogP contribution in [0.2, 0.25) is 0 Å². The Hall–Kier alpha value is -1.47. The molecule has 0 radical (unpaired) electrons. The van der Waals surface area contributed by atoms with Crippen molar-refractivity contribution in [2.75, 3.05) is 19.7 Å². The average molecular weight is 288 g/mol. The first-order valence-corrected chi connectivity index (χ1v) is 6.25. The number of carbonyl (C=O) groups excluding carboxylic acids is 1. The molecule has 1 saturated heterocycles. The third-order valence-electron chi connectivity index (χ3n) is 3.12. The van der Waals surface area contributed by atoms with Crippen LogP contribution in [0.3, 0.4) is 0 Å². The quantitative estimate of drug-likeness (QED) is 0.799. The summed E-state index contributed by atoms with van der Waals surface area (Å²) < 4.78 is 43.8. The summed E-state index contributed by atoms with van der Waals surface area (Å²) in [5.74, 6) is 0. The van der Waals surface area contributed by atoms with Crippen LogP contribution in [0.4, 0.5) is 13.2 Å². The normalized spacial score (nSPS) is 20.9. The summed E-state index contributed by atoms with van der Waals surface area (Å²) in [6.07, 6.45) is -3.06. The van der Waals surface area contributed by atoms with Gasteiger partial charge in [-0.25, -0.2) is 0 Å². The maximum absolute atomic E-state index is 12.8. The van der Waals surface area contributed by atoms with E-state index in [9.17, 15) is 18.0 Å². The topological polar surface area (TPSA) is 42.4 Å². The molecular formula is C13H15F3N2O2. The standard InChI is InChI=1S/C13H15F3N2O2/c1-9-6-18(2-3-20-9)7-10-4-11(13(14,15)16)12(8-19)17-5-10/h4-5,8-9H,2-3,6-7H2,1H3/t9-/m1/s1. The van der Waals surface area contributed by atoms with Gasteiger partial charge in [0.2, 0.25) is 0 Å². The van der Waals surface area contributed by atoms with Crippen LogP contribution in [-0.4, -0.2) is 42.0 Å². The zero-order chi connectivity index (χ0) is 14.8. The second-order valence-corrected chi connectivity index (χ2v) is 4.81. The lowest BCUT2D eigenvalue weighted by atomic mass is 10.1. The van der Waals surface area contributed by atoms with Crippen molar-refractivity contribution in [1.29, 1.82) is 0 Å². The fourth-order valence-corrected chi connectivity index (χ4v) is 2.22. The lowest BCUT2D eigenvalue weighted by Gasteiger charge is -2.31. The Labute approximate surface area is 114 Å². The Balaban J connectivity index is 2.18. The van der Waals surface area contributed by atoms with Crippen LogP contribution in [-0.2, 0) is 17.5 Å². The molecule has 0 aliphatic carbocycles. The van der Waals surface area contributed by atoms with Gasteiger partial charge in [-0.15, -0.1) is 0 Å². The average Bonchev–Trinajstić information content (AvgIpc) is 2.37. The van der Waals surface area contributed by atoms with Crippen molar-refractivity contribution in [2.24, 2.45) is 0 Å². The zero-order valence-corrected chi connectivity index (χ0v) is 11.0. The zero-order valence-electron chi connectivity index (χ0n) is 11.0. The first-order chi connectivity index (χ1) is 9.40. The second kappa shape index (κ2) is 5.88. The van der Waals surface area contributed by atoms with E-state index in [1.807, 2.05) is 11.8 Å². The minimum atomic E-state index is -4.57. The van der Waals surface area contributed by atoms with E-state index < -0.39 is 17.4 Å². The van der Waals surface area contributed by atoms with Gasteiger partial charge in [0.15, 0.2) is 6.29 Å². The van der Waals surface area contributed by atoms with Crippen molar-refractivity contribution >= 4 is 6.29 Å². The third-order valence-corrected chi connectivity index (χ3v) is 3.12. The highest BCUT2D eigenvalue weighted by Gasteiger charge is 2.34. The van der Waals surface area contributed by atoms with Crippen LogP contribution >= 0.6 is 0 Å². The highest BCUT2D eigenvalue weighted by molar-refractivity contribution is 5.74. The molecule has 0 unspecified atom stereocenters. The smallest absolute Gasteiger partial charge is 0.376 e. The molecule has 7 heteroatoms. The summed E-state index contributed by atoms with van der Waals surface area (Å²) in [6, 6.07) is 0.997. The number of hydrogen-bond donors (Lipinski definition) is 0. The van der Waals surface area contributed by atoms with E-state index >= 15 is 0 Å². The number of hydrogen-bond acceptors (Lipinski definition) is 4. The highest BCUT2D eigenvalue weighted by atomic mass is 19.4. The fourth-order valence-electron chi connectivity index (χ4n) is 2.22. The molecule has 2 heterocycles. The summed E-state index contributed by atoms with van der Waals surface area (Å²) in [5, 5.41) is 0. The molecule has 0 amide bonds. The van der Waals surface area contributed by atoms with E-state index in [-0.39, 0.29) is 12.4 Å². The van der Waals surface area contributed by atoms with Gasteiger partial charge >= 0.3 is 6.18 Å². The second-order valence-electron chi connectivity index (χ2n) is 4.81. The molecular weight excluding hydrogens is 273 g/mol. The summed E-state index contributed by atoms with van der Waals surface area (Å²) >= 11 is 0. The van der Waals surface area contributed by atoms with Crippen molar-refractivity contribution in [2.45, 2.75) is 25.7 Å². The molecule has 0 saturated carbocycles. The molecule has 110 valence electrons. The van der Waals surface area contributed by atoms with Crippen molar-refractivity contribution in [3.8, 4) is 0 Å². The van der Waals surface area contributed by atoms with E-state index in [0.29, 0.717) is 31.8 Å². The fraction of sp³-hybridized carbons (Fsp3) is 0.538. The number of ether oxygens (including phenoxy) is 1. The minimum absolute atomic E-state index is 0.0630. The Bertz CT molecular complexity index is 491. The molecule has 0 bridgehead atoms. The van der Waals surface area contributed by atoms with Gasteiger partial charge in [0, 0.05) is 25.8 Å². The number of aldehydes is 1. The van der Waals surface area contributed by atoms with Crippen LogP contribution in [0.5, 0.6) is 0 Å². The highest BCUT2D eigenvalue weighted by Crippen LogP contribution is 2.31. The summed E-state index contributed by atoms with van der Waals surface area (Å²) in [7, 11) is 0. The number of pyridine rings is 1. The van der Waals surface area contributed by atoms with Crippen LogP contribution < -0.4 is 0 Å². The van der Waals surface area contributed by atoms with Gasteiger partial charge in [-0.2, -0.15) is 13.2 Å². The van der Waals surface area contributed by atoms with E-state index in [1.165, 1.54) is 6.20 Å². The number of halogens is 3. The SMILES string of the molecule is C[C@@H]1CN(Cc2cnc(C=O)c(C(F)(F)F)c2)CCO1. The Kier molecular flexibility index (Phi) is 4.39. The van der Waals surface area contributed by atoms with Gasteiger partial charge in [-0.3, -0.25) is 14.7 Å². The molecule has 1 atom stereocenters. The maximum atomic E-state index is 12.8. The van der Waals surface area contributed by atoms with E-state index in [2.05, 4.69) is 4.98 Å². The van der Waals surface area contributed by atoms with Gasteiger partial charge in [0.1, 0.15) is 5.69 Å². The largest absolute Gasteiger partial charge is 0.418 e. The van der Waals surface area contributed by atoms with E-state index in [4.69, 9.17) is 4.74 Å². The van der Waals surface area contributed by atoms with Crippen LogP contribution in [0, 0.1) is 0 Å². The maximum Gasteiger partial charge on any atom is 0.418 e. The van der Waals surface area contributed by atoms with Gasteiger partial charge in [0.25, 0.3) is 0 Å². The Morgan fingerprint density at radius 3 is 2.90 bits per heavy atom. The van der Waals surface area contributed by atoms with Gasteiger partial charge < -0.3 is 4.74 Å². The van der Waals surface area contributed by atoms with Crippen molar-refractivity contribution in [1.82, 2.24) is 9.88 Å². The van der Waals surface area contributed by atoms with Crippen molar-refractivity contribution in [3.63, 3.8) is 0 Å². The minimum Gasteiger partial charge on any atom is -0.376 e.